The van der Waals surface area contributed by atoms with Crippen LogP contribution in [-0.2, 0) is 64.6 Å². The zero-order valence-electron chi connectivity index (χ0n) is 26.3. The minimum atomic E-state index is -1.87. The monoisotopic (exact) mass is 661 g/mol. The summed E-state index contributed by atoms with van der Waals surface area (Å²) in [6.45, 7) is 6.04. The number of carbonyl (C=O) groups excluding carboxylic acids is 4. The fourth-order valence-electron chi connectivity index (χ4n) is 5.44. The van der Waals surface area contributed by atoms with Gasteiger partial charge in [-0.25, -0.2) is 0 Å². The molecule has 2 fully saturated rings. The predicted octanol–water partition coefficient (Wildman–Crippen LogP) is 3.64. The number of carbonyl (C=O) groups is 4. The lowest BCUT2D eigenvalue weighted by Gasteiger charge is -2.49. The number of benzene rings is 2. The van der Waals surface area contributed by atoms with E-state index in [1.807, 2.05) is 24.3 Å². The molecule has 0 spiro atoms. The Morgan fingerprint density at radius 2 is 1.54 bits per heavy atom. The van der Waals surface area contributed by atoms with Gasteiger partial charge >= 0.3 is 23.9 Å². The number of esters is 4. The van der Waals surface area contributed by atoms with E-state index in [4.69, 9.17) is 49.6 Å². The van der Waals surface area contributed by atoms with Gasteiger partial charge in [-0.05, 0) is 48.7 Å². The molecule has 14 heteroatoms. The lowest BCUT2D eigenvalue weighted by Crippen LogP contribution is -2.68. The van der Waals surface area contributed by atoms with Crippen LogP contribution in [0.1, 0.15) is 51.3 Å². The molecule has 0 amide bonds. The van der Waals surface area contributed by atoms with Crippen LogP contribution in [0.5, 0.6) is 5.75 Å². The van der Waals surface area contributed by atoms with Gasteiger partial charge in [0.05, 0.1) is 12.3 Å². The molecule has 0 N–H and O–H groups in total. The first-order valence-electron chi connectivity index (χ1n) is 14.3. The second-order valence-corrected chi connectivity index (χ2v) is 11.4. The maximum atomic E-state index is 12.4. The number of rotatable bonds is 12. The summed E-state index contributed by atoms with van der Waals surface area (Å²) in [5.74, 6) is -4.10. The van der Waals surface area contributed by atoms with Gasteiger partial charge in [-0.3, -0.25) is 19.2 Å². The highest BCUT2D eigenvalue weighted by atomic mass is 35.5. The van der Waals surface area contributed by atoms with Crippen LogP contribution in [-0.4, -0.2) is 80.4 Å². The molecular formula is C32H36ClNO12. The van der Waals surface area contributed by atoms with Crippen molar-refractivity contribution in [3.63, 3.8) is 0 Å². The number of hydrogen-bond acceptors (Lipinski definition) is 13. The maximum absolute atomic E-state index is 12.4. The Morgan fingerprint density at radius 3 is 2.15 bits per heavy atom. The number of nitrogens with zero attached hydrogens (tertiary/aromatic N) is 1. The molecule has 2 aliphatic heterocycles. The van der Waals surface area contributed by atoms with Crippen molar-refractivity contribution >= 4 is 41.2 Å². The van der Waals surface area contributed by atoms with E-state index in [9.17, 15) is 19.2 Å². The summed E-state index contributed by atoms with van der Waals surface area (Å²) in [6, 6.07) is 12.4. The molecule has 4 unspecified atom stereocenters. The molecule has 5 atom stereocenters. The Bertz CT molecular complexity index is 1490. The third-order valence-corrected chi connectivity index (χ3v) is 7.61. The fourth-order valence-corrected chi connectivity index (χ4v) is 5.63. The molecule has 2 bridgehead atoms. The van der Waals surface area contributed by atoms with Gasteiger partial charge in [-0.2, -0.15) is 0 Å². The van der Waals surface area contributed by atoms with E-state index in [-0.39, 0.29) is 13.2 Å². The molecule has 0 saturated carbocycles. The van der Waals surface area contributed by atoms with Crippen molar-refractivity contribution in [1.82, 2.24) is 0 Å². The number of hydrogen-bond donors (Lipinski definition) is 0. The molecule has 0 radical (unpaired) electrons. The third-order valence-electron chi connectivity index (χ3n) is 7.24. The second-order valence-electron chi connectivity index (χ2n) is 11.0. The van der Waals surface area contributed by atoms with Crippen LogP contribution < -0.4 is 4.74 Å². The van der Waals surface area contributed by atoms with Crippen LogP contribution in [0.15, 0.2) is 47.6 Å². The van der Waals surface area contributed by atoms with Crippen molar-refractivity contribution in [2.75, 3.05) is 26.9 Å². The van der Waals surface area contributed by atoms with E-state index in [1.54, 1.807) is 25.1 Å². The first-order valence-corrected chi connectivity index (χ1v) is 14.7. The minimum Gasteiger partial charge on any atom is -0.488 e. The SMILES string of the molecule is CON=C(C)COc1ccc(Cc2cc([C@]34OCC(COC(C)=O)(O3)C(OC(C)=O)C(OC(C)=O)C4OC(C)=O)ccc2Cl)cc1. The van der Waals surface area contributed by atoms with Gasteiger partial charge in [-0.1, -0.05) is 35.0 Å². The fraction of sp³-hybridized carbons (Fsp3) is 0.469. The summed E-state index contributed by atoms with van der Waals surface area (Å²) in [4.78, 5) is 53.6. The average molecular weight is 662 g/mol. The summed E-state index contributed by atoms with van der Waals surface area (Å²) in [5.41, 5.74) is 0.983. The van der Waals surface area contributed by atoms with Crippen molar-refractivity contribution in [3.05, 3.63) is 64.2 Å². The molecule has 2 saturated heterocycles. The summed E-state index contributed by atoms with van der Waals surface area (Å²) in [5, 5.41) is 4.26. The van der Waals surface area contributed by atoms with Crippen LogP contribution >= 0.6 is 11.6 Å². The van der Waals surface area contributed by atoms with Crippen LogP contribution in [0.4, 0.5) is 0 Å². The van der Waals surface area contributed by atoms with Crippen molar-refractivity contribution in [2.24, 2.45) is 5.16 Å². The molecule has 2 aliphatic rings. The Kier molecular flexibility index (Phi) is 10.9. The Morgan fingerprint density at radius 1 is 0.891 bits per heavy atom. The number of ether oxygens (including phenoxy) is 7. The zero-order valence-corrected chi connectivity index (χ0v) is 27.1. The number of halogens is 1. The molecule has 0 aliphatic carbocycles. The molecule has 2 heterocycles. The Labute approximate surface area is 270 Å². The van der Waals surface area contributed by atoms with Gasteiger partial charge in [0.15, 0.2) is 17.8 Å². The summed E-state index contributed by atoms with van der Waals surface area (Å²) in [7, 11) is 1.46. The molecular weight excluding hydrogens is 626 g/mol. The van der Waals surface area contributed by atoms with E-state index in [0.29, 0.717) is 34.0 Å². The maximum Gasteiger partial charge on any atom is 0.303 e. The lowest BCUT2D eigenvalue weighted by molar-refractivity contribution is -0.334. The molecule has 0 aromatic heterocycles. The molecule has 46 heavy (non-hydrogen) atoms. The summed E-state index contributed by atoms with van der Waals surface area (Å²) < 4.78 is 40.8. The van der Waals surface area contributed by atoms with E-state index in [0.717, 1.165) is 19.4 Å². The standard InChI is InChI=1S/C32H36ClNO12/c1-18(34-39-6)15-40-26-10-7-23(8-11-26)13-24-14-25(9-12-27(24)33)32-30(45-22(5)38)28(43-20(3)36)29(44-21(4)37)31(46-32,17-42-32)16-41-19(2)35/h7-12,14,28-30H,13,15-17H2,1-6H3/t28?,29?,30?,31?,32-/m0/s1. The summed E-state index contributed by atoms with van der Waals surface area (Å²) >= 11 is 6.64. The molecule has 2 aromatic carbocycles. The topological polar surface area (TPSA) is 154 Å². The van der Waals surface area contributed by atoms with Crippen molar-refractivity contribution < 1.29 is 57.2 Å². The quantitative estimate of drug-likeness (QED) is 0.141. The van der Waals surface area contributed by atoms with Crippen LogP contribution in [0, 0.1) is 0 Å². The van der Waals surface area contributed by atoms with Crippen LogP contribution in [0.25, 0.3) is 0 Å². The van der Waals surface area contributed by atoms with Gasteiger partial charge in [0, 0.05) is 38.3 Å². The molecule has 248 valence electrons. The van der Waals surface area contributed by atoms with E-state index in [1.165, 1.54) is 21.0 Å². The average Bonchev–Trinajstić information content (AvgIpc) is 3.35. The van der Waals surface area contributed by atoms with Crippen molar-refractivity contribution in [3.8, 4) is 5.75 Å². The van der Waals surface area contributed by atoms with E-state index >= 15 is 0 Å². The highest BCUT2D eigenvalue weighted by Crippen LogP contribution is 2.53. The smallest absolute Gasteiger partial charge is 0.303 e. The lowest BCUT2D eigenvalue weighted by atomic mass is 9.83. The third kappa shape index (κ3) is 7.77. The van der Waals surface area contributed by atoms with Gasteiger partial charge in [0.2, 0.25) is 11.9 Å². The van der Waals surface area contributed by atoms with Crippen LogP contribution in [0.3, 0.4) is 0 Å². The predicted molar refractivity (Wildman–Crippen MR) is 161 cm³/mol. The molecule has 2 aromatic rings. The number of fused-ring (bicyclic) bond motifs is 2. The summed E-state index contributed by atoms with van der Waals surface area (Å²) in [6.07, 6.45) is -3.83. The highest BCUT2D eigenvalue weighted by molar-refractivity contribution is 6.31. The van der Waals surface area contributed by atoms with E-state index in [2.05, 4.69) is 5.16 Å². The zero-order chi connectivity index (χ0) is 33.6. The second kappa shape index (κ2) is 14.5. The minimum absolute atomic E-state index is 0.262. The van der Waals surface area contributed by atoms with Gasteiger partial charge < -0.3 is 38.0 Å². The van der Waals surface area contributed by atoms with Crippen molar-refractivity contribution in [2.45, 2.75) is 70.7 Å². The largest absolute Gasteiger partial charge is 0.488 e. The normalized spacial score (nSPS) is 25.3. The Hall–Kier alpha value is -4.20. The van der Waals surface area contributed by atoms with E-state index < -0.39 is 60.2 Å². The molecule has 13 nitrogen and oxygen atoms in total. The van der Waals surface area contributed by atoms with Crippen LogP contribution in [0.2, 0.25) is 5.02 Å². The van der Waals surface area contributed by atoms with Gasteiger partial charge in [0.25, 0.3) is 0 Å². The number of oxime groups is 1. The van der Waals surface area contributed by atoms with Gasteiger partial charge in [-0.15, -0.1) is 0 Å². The van der Waals surface area contributed by atoms with Crippen molar-refractivity contribution in [1.29, 1.82) is 0 Å². The first kappa shape index (κ1) is 34.7. The van der Waals surface area contributed by atoms with Gasteiger partial charge in [0.1, 0.15) is 26.1 Å². The first-order chi connectivity index (χ1) is 21.8. The highest BCUT2D eigenvalue weighted by Gasteiger charge is 2.72. The molecule has 4 rings (SSSR count). The Balaban J connectivity index is 1.74.